The zero-order valence-corrected chi connectivity index (χ0v) is 13.4. The van der Waals surface area contributed by atoms with Crippen molar-refractivity contribution in [3.8, 4) is 0 Å². The van der Waals surface area contributed by atoms with E-state index in [2.05, 4.69) is 10.3 Å². The SMILES string of the molecule is Cn1c(CNC(=O)C2(c3ccc(F)cc3)CC2)nc2ccccc21. The molecule has 0 bridgehead atoms. The normalized spacial score (nSPS) is 15.4. The monoisotopic (exact) mass is 323 g/mol. The molecule has 4 nitrogen and oxygen atoms in total. The molecule has 0 unspecified atom stereocenters. The first-order valence-electron chi connectivity index (χ1n) is 8.05. The molecule has 0 aliphatic heterocycles. The first kappa shape index (κ1) is 14.9. The number of rotatable bonds is 4. The van der Waals surface area contributed by atoms with Crippen molar-refractivity contribution in [2.45, 2.75) is 24.8 Å². The van der Waals surface area contributed by atoms with E-state index < -0.39 is 5.41 Å². The smallest absolute Gasteiger partial charge is 0.231 e. The lowest BCUT2D eigenvalue weighted by atomic mass is 9.95. The van der Waals surface area contributed by atoms with E-state index in [0.717, 1.165) is 35.3 Å². The number of aromatic nitrogens is 2. The predicted molar refractivity (Wildman–Crippen MR) is 89.9 cm³/mol. The summed E-state index contributed by atoms with van der Waals surface area (Å²) >= 11 is 0. The number of hydrogen-bond acceptors (Lipinski definition) is 2. The molecule has 4 rings (SSSR count). The van der Waals surface area contributed by atoms with Crippen LogP contribution in [0.5, 0.6) is 0 Å². The molecule has 1 N–H and O–H groups in total. The van der Waals surface area contributed by atoms with Gasteiger partial charge in [0, 0.05) is 7.05 Å². The summed E-state index contributed by atoms with van der Waals surface area (Å²) in [7, 11) is 1.95. The van der Waals surface area contributed by atoms with E-state index in [-0.39, 0.29) is 11.7 Å². The molecule has 0 saturated heterocycles. The number of para-hydroxylation sites is 2. The summed E-state index contributed by atoms with van der Waals surface area (Å²) in [6, 6.07) is 14.1. The third-order valence-corrected chi connectivity index (χ3v) is 4.87. The Morgan fingerprint density at radius 2 is 1.92 bits per heavy atom. The van der Waals surface area contributed by atoms with Gasteiger partial charge in [0.15, 0.2) is 0 Å². The van der Waals surface area contributed by atoms with Gasteiger partial charge in [-0.25, -0.2) is 9.37 Å². The largest absolute Gasteiger partial charge is 0.348 e. The maximum atomic E-state index is 13.1. The minimum atomic E-state index is -0.502. The predicted octanol–water partition coefficient (Wildman–Crippen LogP) is 3.06. The summed E-state index contributed by atoms with van der Waals surface area (Å²) in [5.74, 6) is 0.523. The van der Waals surface area contributed by atoms with Gasteiger partial charge in [-0.05, 0) is 42.7 Å². The van der Waals surface area contributed by atoms with Crippen molar-refractivity contribution < 1.29 is 9.18 Å². The molecule has 1 fully saturated rings. The zero-order valence-electron chi connectivity index (χ0n) is 13.4. The summed E-state index contributed by atoms with van der Waals surface area (Å²) in [4.78, 5) is 17.2. The highest BCUT2D eigenvalue weighted by Gasteiger charge is 2.51. The van der Waals surface area contributed by atoms with E-state index in [1.165, 1.54) is 12.1 Å². The van der Waals surface area contributed by atoms with Crippen molar-refractivity contribution in [2.24, 2.45) is 7.05 Å². The molecule has 1 heterocycles. The molecule has 1 amide bonds. The second-order valence-corrected chi connectivity index (χ2v) is 6.35. The van der Waals surface area contributed by atoms with Crippen LogP contribution in [0.3, 0.4) is 0 Å². The van der Waals surface area contributed by atoms with Gasteiger partial charge in [-0.1, -0.05) is 24.3 Å². The highest BCUT2D eigenvalue weighted by Crippen LogP contribution is 2.48. The van der Waals surface area contributed by atoms with Crippen LogP contribution in [-0.4, -0.2) is 15.5 Å². The van der Waals surface area contributed by atoms with E-state index in [9.17, 15) is 9.18 Å². The van der Waals surface area contributed by atoms with Gasteiger partial charge in [-0.3, -0.25) is 4.79 Å². The molecule has 1 aromatic heterocycles. The van der Waals surface area contributed by atoms with Gasteiger partial charge in [0.1, 0.15) is 11.6 Å². The van der Waals surface area contributed by atoms with Crippen LogP contribution in [0.15, 0.2) is 48.5 Å². The highest BCUT2D eigenvalue weighted by molar-refractivity contribution is 5.91. The van der Waals surface area contributed by atoms with Crippen LogP contribution in [0, 0.1) is 5.82 Å². The van der Waals surface area contributed by atoms with Gasteiger partial charge < -0.3 is 9.88 Å². The quantitative estimate of drug-likeness (QED) is 0.802. The van der Waals surface area contributed by atoms with Crippen molar-refractivity contribution in [1.29, 1.82) is 0 Å². The Hall–Kier alpha value is -2.69. The number of carbonyl (C=O) groups excluding carboxylic acids is 1. The maximum Gasteiger partial charge on any atom is 0.231 e. The Morgan fingerprint density at radius 3 is 2.58 bits per heavy atom. The average Bonchev–Trinajstić information content (AvgIpc) is 3.34. The van der Waals surface area contributed by atoms with Crippen LogP contribution in [-0.2, 0) is 23.8 Å². The van der Waals surface area contributed by atoms with Gasteiger partial charge in [0.2, 0.25) is 5.91 Å². The Balaban J connectivity index is 1.52. The fraction of sp³-hybridized carbons (Fsp3) is 0.263. The topological polar surface area (TPSA) is 46.9 Å². The minimum Gasteiger partial charge on any atom is -0.348 e. The van der Waals surface area contributed by atoms with Crippen molar-refractivity contribution >= 4 is 16.9 Å². The van der Waals surface area contributed by atoms with Crippen LogP contribution < -0.4 is 5.32 Å². The van der Waals surface area contributed by atoms with Crippen molar-refractivity contribution in [3.05, 3.63) is 65.7 Å². The third-order valence-electron chi connectivity index (χ3n) is 4.87. The van der Waals surface area contributed by atoms with Crippen molar-refractivity contribution in [1.82, 2.24) is 14.9 Å². The Morgan fingerprint density at radius 1 is 1.21 bits per heavy atom. The lowest BCUT2D eigenvalue weighted by molar-refractivity contribution is -0.123. The number of amides is 1. The lowest BCUT2D eigenvalue weighted by Crippen LogP contribution is -2.34. The van der Waals surface area contributed by atoms with Crippen LogP contribution in [0.2, 0.25) is 0 Å². The number of imidazole rings is 1. The fourth-order valence-electron chi connectivity index (χ4n) is 3.22. The lowest BCUT2D eigenvalue weighted by Gasteiger charge is -2.15. The van der Waals surface area contributed by atoms with Gasteiger partial charge in [-0.15, -0.1) is 0 Å². The number of aryl methyl sites for hydroxylation is 1. The number of benzene rings is 2. The molecule has 0 spiro atoms. The van der Waals surface area contributed by atoms with Gasteiger partial charge in [0.25, 0.3) is 0 Å². The van der Waals surface area contributed by atoms with E-state index in [1.807, 2.05) is 35.9 Å². The first-order valence-corrected chi connectivity index (χ1v) is 8.05. The summed E-state index contributed by atoms with van der Waals surface area (Å²) in [6.45, 7) is 0.382. The van der Waals surface area contributed by atoms with Crippen LogP contribution in [0.25, 0.3) is 11.0 Å². The van der Waals surface area contributed by atoms with E-state index >= 15 is 0 Å². The first-order chi connectivity index (χ1) is 11.6. The Bertz CT molecular complexity index is 910. The molecular weight excluding hydrogens is 305 g/mol. The molecule has 1 aliphatic carbocycles. The number of halogens is 1. The van der Waals surface area contributed by atoms with Gasteiger partial charge >= 0.3 is 0 Å². The molecule has 5 heteroatoms. The van der Waals surface area contributed by atoms with E-state index in [0.29, 0.717) is 6.54 Å². The molecule has 0 radical (unpaired) electrons. The number of fused-ring (bicyclic) bond motifs is 1. The number of hydrogen-bond donors (Lipinski definition) is 1. The zero-order chi connectivity index (χ0) is 16.7. The second-order valence-electron chi connectivity index (χ2n) is 6.35. The van der Waals surface area contributed by atoms with Crippen LogP contribution in [0.4, 0.5) is 4.39 Å². The Kier molecular flexibility index (Phi) is 3.37. The molecule has 122 valence electrons. The third kappa shape index (κ3) is 2.37. The molecule has 0 atom stereocenters. The van der Waals surface area contributed by atoms with Crippen molar-refractivity contribution in [3.63, 3.8) is 0 Å². The molecule has 24 heavy (non-hydrogen) atoms. The summed E-state index contributed by atoms with van der Waals surface area (Å²) in [5, 5.41) is 3.00. The Labute approximate surface area is 139 Å². The molecule has 1 saturated carbocycles. The van der Waals surface area contributed by atoms with Crippen molar-refractivity contribution in [2.75, 3.05) is 0 Å². The second kappa shape index (κ2) is 5.44. The summed E-state index contributed by atoms with van der Waals surface area (Å²) in [5.41, 5.74) is 2.34. The van der Waals surface area contributed by atoms with Gasteiger partial charge in [0.05, 0.1) is 23.0 Å². The highest BCUT2D eigenvalue weighted by atomic mass is 19.1. The summed E-state index contributed by atoms with van der Waals surface area (Å²) in [6.07, 6.45) is 1.60. The molecule has 2 aromatic carbocycles. The van der Waals surface area contributed by atoms with Crippen LogP contribution in [0.1, 0.15) is 24.2 Å². The standard InChI is InChI=1S/C19H18FN3O/c1-23-16-5-3-2-4-15(16)22-17(23)12-21-18(24)19(10-11-19)13-6-8-14(20)9-7-13/h2-9H,10-12H2,1H3,(H,21,24). The minimum absolute atomic E-state index is 0.0128. The number of nitrogens with one attached hydrogen (secondary N) is 1. The average molecular weight is 323 g/mol. The summed E-state index contributed by atoms with van der Waals surface area (Å²) < 4.78 is 15.1. The fourth-order valence-corrected chi connectivity index (χ4v) is 3.22. The molecular formula is C19H18FN3O. The number of nitrogens with zero attached hydrogens (tertiary/aromatic N) is 2. The van der Waals surface area contributed by atoms with E-state index in [4.69, 9.17) is 0 Å². The maximum absolute atomic E-state index is 13.1. The van der Waals surface area contributed by atoms with Crippen LogP contribution >= 0.6 is 0 Å². The van der Waals surface area contributed by atoms with E-state index in [1.54, 1.807) is 12.1 Å². The van der Waals surface area contributed by atoms with Gasteiger partial charge in [-0.2, -0.15) is 0 Å². The number of carbonyl (C=O) groups is 1. The molecule has 1 aliphatic rings. The molecule has 3 aromatic rings.